The van der Waals surface area contributed by atoms with Gasteiger partial charge in [0.2, 0.25) is 0 Å². The highest BCUT2D eigenvalue weighted by atomic mass is 79.9. The highest BCUT2D eigenvalue weighted by molar-refractivity contribution is 9.11. The second-order valence-electron chi connectivity index (χ2n) is 3.53. The van der Waals surface area contributed by atoms with E-state index in [1.165, 1.54) is 27.1 Å². The molecule has 0 bridgehead atoms. The predicted octanol–water partition coefficient (Wildman–Crippen LogP) is 2.81. The smallest absolute Gasteiger partial charge is 0.0739 e. The molecule has 3 heteroatoms. The van der Waals surface area contributed by atoms with Gasteiger partial charge in [0, 0.05) is 16.8 Å². The normalized spacial score (nSPS) is 19.6. The SMILES string of the molecule is Cc1cc(C2(CN)CC2)c(Br)s1. The van der Waals surface area contributed by atoms with Crippen LogP contribution in [0.4, 0.5) is 0 Å². The molecular formula is C9H12BrNS. The molecule has 1 saturated carbocycles. The minimum absolute atomic E-state index is 0.337. The molecule has 1 fully saturated rings. The molecule has 0 radical (unpaired) electrons. The fraction of sp³-hybridized carbons (Fsp3) is 0.556. The van der Waals surface area contributed by atoms with Crippen molar-refractivity contribution in [2.45, 2.75) is 25.2 Å². The Labute approximate surface area is 85.1 Å². The Balaban J connectivity index is 2.39. The van der Waals surface area contributed by atoms with Crippen molar-refractivity contribution >= 4 is 27.3 Å². The number of hydrogen-bond acceptors (Lipinski definition) is 2. The molecule has 1 heterocycles. The van der Waals surface area contributed by atoms with Gasteiger partial charge in [0.05, 0.1) is 3.79 Å². The average molecular weight is 246 g/mol. The minimum atomic E-state index is 0.337. The highest BCUT2D eigenvalue weighted by Crippen LogP contribution is 2.51. The second kappa shape index (κ2) is 2.82. The molecule has 0 atom stereocenters. The Kier molecular flexibility index (Phi) is 2.05. The van der Waals surface area contributed by atoms with Crippen LogP contribution >= 0.6 is 27.3 Å². The van der Waals surface area contributed by atoms with E-state index in [4.69, 9.17) is 5.73 Å². The molecule has 0 saturated heterocycles. The van der Waals surface area contributed by atoms with Crippen molar-refractivity contribution in [1.29, 1.82) is 0 Å². The minimum Gasteiger partial charge on any atom is -0.330 e. The van der Waals surface area contributed by atoms with Crippen LogP contribution in [-0.4, -0.2) is 6.54 Å². The maximum absolute atomic E-state index is 5.76. The molecule has 1 aromatic heterocycles. The first-order valence-electron chi connectivity index (χ1n) is 4.14. The quantitative estimate of drug-likeness (QED) is 0.853. The molecule has 0 aromatic carbocycles. The molecule has 1 aliphatic rings. The fourth-order valence-corrected chi connectivity index (χ4v) is 3.73. The van der Waals surface area contributed by atoms with Crippen LogP contribution in [0.5, 0.6) is 0 Å². The van der Waals surface area contributed by atoms with Gasteiger partial charge in [-0.3, -0.25) is 0 Å². The first kappa shape index (κ1) is 8.73. The molecule has 12 heavy (non-hydrogen) atoms. The molecule has 0 spiro atoms. The van der Waals surface area contributed by atoms with Crippen LogP contribution in [-0.2, 0) is 5.41 Å². The number of hydrogen-bond donors (Lipinski definition) is 1. The summed E-state index contributed by atoms with van der Waals surface area (Å²) in [7, 11) is 0. The zero-order valence-corrected chi connectivity index (χ0v) is 9.46. The van der Waals surface area contributed by atoms with Crippen LogP contribution < -0.4 is 5.73 Å². The summed E-state index contributed by atoms with van der Waals surface area (Å²) < 4.78 is 1.28. The largest absolute Gasteiger partial charge is 0.330 e. The summed E-state index contributed by atoms with van der Waals surface area (Å²) in [5.74, 6) is 0. The Bertz CT molecular complexity index is 301. The molecule has 0 aliphatic heterocycles. The Morgan fingerprint density at radius 3 is 2.67 bits per heavy atom. The lowest BCUT2D eigenvalue weighted by molar-refractivity contribution is 0.704. The van der Waals surface area contributed by atoms with Crippen molar-refractivity contribution in [3.8, 4) is 0 Å². The summed E-state index contributed by atoms with van der Waals surface area (Å²) in [5.41, 5.74) is 7.54. The molecule has 2 N–H and O–H groups in total. The summed E-state index contributed by atoms with van der Waals surface area (Å²) in [6.45, 7) is 2.94. The molecule has 66 valence electrons. The third-order valence-corrected chi connectivity index (χ3v) is 4.38. The van der Waals surface area contributed by atoms with E-state index in [9.17, 15) is 0 Å². The van der Waals surface area contributed by atoms with Gasteiger partial charge in [-0.2, -0.15) is 0 Å². The predicted molar refractivity (Wildman–Crippen MR) is 56.7 cm³/mol. The zero-order chi connectivity index (χ0) is 8.77. The van der Waals surface area contributed by atoms with E-state index < -0.39 is 0 Å². The van der Waals surface area contributed by atoms with E-state index >= 15 is 0 Å². The Morgan fingerprint density at radius 1 is 1.67 bits per heavy atom. The van der Waals surface area contributed by atoms with Crippen molar-refractivity contribution in [1.82, 2.24) is 0 Å². The van der Waals surface area contributed by atoms with Gasteiger partial charge in [0.1, 0.15) is 0 Å². The standard InChI is InChI=1S/C9H12BrNS/c1-6-4-7(8(10)12-6)9(5-11)2-3-9/h4H,2-3,5,11H2,1H3. The fourth-order valence-electron chi connectivity index (χ4n) is 1.58. The molecule has 2 rings (SSSR count). The molecule has 1 aromatic rings. The van der Waals surface area contributed by atoms with E-state index in [0.29, 0.717) is 5.41 Å². The summed E-state index contributed by atoms with van der Waals surface area (Å²) in [6.07, 6.45) is 2.52. The van der Waals surface area contributed by atoms with Gasteiger partial charge in [0.15, 0.2) is 0 Å². The van der Waals surface area contributed by atoms with E-state index in [-0.39, 0.29) is 0 Å². The average Bonchev–Trinajstić information content (AvgIpc) is 2.74. The van der Waals surface area contributed by atoms with Crippen LogP contribution in [0.2, 0.25) is 0 Å². The van der Waals surface area contributed by atoms with Gasteiger partial charge in [0.25, 0.3) is 0 Å². The molecule has 1 nitrogen and oxygen atoms in total. The highest BCUT2D eigenvalue weighted by Gasteiger charge is 2.44. The number of nitrogens with two attached hydrogens (primary N) is 1. The number of thiophene rings is 1. The Morgan fingerprint density at radius 2 is 2.33 bits per heavy atom. The van der Waals surface area contributed by atoms with E-state index in [1.807, 2.05) is 11.3 Å². The van der Waals surface area contributed by atoms with Crippen LogP contribution in [0.1, 0.15) is 23.3 Å². The van der Waals surface area contributed by atoms with E-state index in [0.717, 1.165) is 6.54 Å². The van der Waals surface area contributed by atoms with Gasteiger partial charge < -0.3 is 5.73 Å². The topological polar surface area (TPSA) is 26.0 Å². The first-order chi connectivity index (χ1) is 5.68. The molecule has 0 unspecified atom stereocenters. The van der Waals surface area contributed by atoms with Gasteiger partial charge in [-0.15, -0.1) is 11.3 Å². The summed E-state index contributed by atoms with van der Waals surface area (Å²) in [6, 6.07) is 2.27. The molecule has 1 aliphatic carbocycles. The summed E-state index contributed by atoms with van der Waals surface area (Å²) in [5, 5.41) is 0. The van der Waals surface area contributed by atoms with E-state index in [1.54, 1.807) is 0 Å². The van der Waals surface area contributed by atoms with Crippen LogP contribution in [0, 0.1) is 6.92 Å². The summed E-state index contributed by atoms with van der Waals surface area (Å²) >= 11 is 5.41. The van der Waals surface area contributed by atoms with Crippen molar-refractivity contribution < 1.29 is 0 Å². The van der Waals surface area contributed by atoms with Crippen LogP contribution in [0.3, 0.4) is 0 Å². The first-order valence-corrected chi connectivity index (χ1v) is 5.75. The lowest BCUT2D eigenvalue weighted by Crippen LogP contribution is -2.19. The number of halogens is 1. The van der Waals surface area contributed by atoms with Gasteiger partial charge >= 0.3 is 0 Å². The van der Waals surface area contributed by atoms with Crippen LogP contribution in [0.15, 0.2) is 9.85 Å². The lowest BCUT2D eigenvalue weighted by Gasteiger charge is -2.10. The Hall–Kier alpha value is 0.140. The third-order valence-electron chi connectivity index (χ3n) is 2.63. The van der Waals surface area contributed by atoms with Gasteiger partial charge in [-0.25, -0.2) is 0 Å². The van der Waals surface area contributed by atoms with Crippen molar-refractivity contribution in [2.75, 3.05) is 6.54 Å². The zero-order valence-electron chi connectivity index (χ0n) is 7.06. The number of rotatable bonds is 2. The maximum atomic E-state index is 5.76. The van der Waals surface area contributed by atoms with Crippen molar-refractivity contribution in [3.63, 3.8) is 0 Å². The molecule has 0 amide bonds. The number of aryl methyl sites for hydroxylation is 1. The third kappa shape index (κ3) is 1.24. The molecular weight excluding hydrogens is 234 g/mol. The van der Waals surface area contributed by atoms with Crippen molar-refractivity contribution in [2.24, 2.45) is 5.73 Å². The summed E-state index contributed by atoms with van der Waals surface area (Å²) in [4.78, 5) is 1.37. The lowest BCUT2D eigenvalue weighted by atomic mass is 9.99. The van der Waals surface area contributed by atoms with Gasteiger partial charge in [-0.05, 0) is 47.3 Å². The van der Waals surface area contributed by atoms with Gasteiger partial charge in [-0.1, -0.05) is 0 Å². The van der Waals surface area contributed by atoms with Crippen LogP contribution in [0.25, 0.3) is 0 Å². The monoisotopic (exact) mass is 245 g/mol. The second-order valence-corrected chi connectivity index (χ2v) is 6.10. The van der Waals surface area contributed by atoms with Crippen molar-refractivity contribution in [3.05, 3.63) is 20.3 Å². The maximum Gasteiger partial charge on any atom is 0.0739 e. The van der Waals surface area contributed by atoms with E-state index in [2.05, 4.69) is 28.9 Å².